The van der Waals surface area contributed by atoms with Gasteiger partial charge in [0.25, 0.3) is 0 Å². The first-order valence-electron chi connectivity index (χ1n) is 17.6. The van der Waals surface area contributed by atoms with Crippen LogP contribution >= 0.6 is 0 Å². The maximum atomic E-state index is 5.66. The Balaban J connectivity index is 1.37. The molecule has 246 valence electrons. The number of aliphatic imine (C=N–C) groups is 3. The van der Waals surface area contributed by atoms with E-state index in [0.29, 0.717) is 0 Å². The van der Waals surface area contributed by atoms with Crippen LogP contribution in [0.1, 0.15) is 39.4 Å². The van der Waals surface area contributed by atoms with Crippen LogP contribution in [0.25, 0.3) is 22.3 Å². The number of hydrogen-bond acceptors (Lipinski definition) is 3. The van der Waals surface area contributed by atoms with E-state index in [1.165, 1.54) is 0 Å². The Hall–Kier alpha value is -6.85. The van der Waals surface area contributed by atoms with E-state index >= 15 is 0 Å². The van der Waals surface area contributed by atoms with Crippen molar-refractivity contribution < 1.29 is 0 Å². The highest BCUT2D eigenvalue weighted by molar-refractivity contribution is 6.37. The van der Waals surface area contributed by atoms with Gasteiger partial charge >= 0.3 is 0 Å². The Bertz CT molecular complexity index is 2750. The summed E-state index contributed by atoms with van der Waals surface area (Å²) in [5.74, 6) is 0. The zero-order chi connectivity index (χ0) is 34.6. The van der Waals surface area contributed by atoms with Gasteiger partial charge < -0.3 is 9.55 Å². The van der Waals surface area contributed by atoms with Crippen molar-refractivity contribution in [1.82, 2.24) is 9.55 Å². The molecule has 1 atom stereocenters. The lowest BCUT2D eigenvalue weighted by Crippen LogP contribution is -2.21. The van der Waals surface area contributed by atoms with Crippen LogP contribution in [0.15, 0.2) is 197 Å². The van der Waals surface area contributed by atoms with Gasteiger partial charge in [0, 0.05) is 63.6 Å². The molecule has 0 aliphatic carbocycles. The van der Waals surface area contributed by atoms with E-state index in [1.807, 2.05) is 0 Å². The molecule has 10 rings (SSSR count). The third-order valence-corrected chi connectivity index (χ3v) is 10.1. The molecule has 8 bridgehead atoms. The predicted octanol–water partition coefficient (Wildman–Crippen LogP) is 8.15. The molecule has 0 saturated heterocycles. The van der Waals surface area contributed by atoms with Crippen molar-refractivity contribution in [2.24, 2.45) is 22.0 Å². The fraction of sp³-hybridized carbons (Fsp3) is 0.0426. The van der Waals surface area contributed by atoms with Crippen molar-refractivity contribution in [2.45, 2.75) is 6.04 Å². The average Bonchev–Trinajstić information content (AvgIpc) is 4.04. The number of nitrogens with zero attached hydrogens (tertiary/aromatic N) is 4. The van der Waals surface area contributed by atoms with Crippen LogP contribution in [0.2, 0.25) is 0 Å². The molecule has 0 saturated carbocycles. The molecular weight excluding hydrogens is 635 g/mol. The Labute approximate surface area is 301 Å². The summed E-state index contributed by atoms with van der Waals surface area (Å²) < 4.78 is 2.15. The normalized spacial score (nSPS) is 22.3. The first-order valence-corrected chi connectivity index (χ1v) is 17.6. The summed E-state index contributed by atoms with van der Waals surface area (Å²) in [5.41, 5.74) is 15.3. The lowest BCUT2D eigenvalue weighted by molar-refractivity contribution is 0.891. The molecule has 4 aliphatic rings. The van der Waals surface area contributed by atoms with Gasteiger partial charge in [0.2, 0.25) is 0 Å². The molecule has 0 radical (unpaired) electrons. The van der Waals surface area contributed by atoms with Crippen LogP contribution in [0.3, 0.4) is 0 Å². The fourth-order valence-electron chi connectivity index (χ4n) is 7.85. The van der Waals surface area contributed by atoms with E-state index in [0.717, 1.165) is 94.9 Å². The predicted molar refractivity (Wildman–Crippen MR) is 213 cm³/mol. The summed E-state index contributed by atoms with van der Waals surface area (Å²) in [4.78, 5) is 20.4. The number of aromatic amines is 1. The van der Waals surface area contributed by atoms with E-state index in [4.69, 9.17) is 15.0 Å². The summed E-state index contributed by atoms with van der Waals surface area (Å²) in [6, 6.07) is 46.3. The van der Waals surface area contributed by atoms with Gasteiger partial charge in [-0.15, -0.1) is 0 Å². The van der Waals surface area contributed by atoms with Crippen molar-refractivity contribution in [3.8, 4) is 0 Å². The van der Waals surface area contributed by atoms with Gasteiger partial charge in [-0.1, -0.05) is 121 Å². The second-order valence-electron chi connectivity index (χ2n) is 13.4. The Morgan fingerprint density at radius 3 is 1.54 bits per heavy atom. The number of allylic oxidation sites excluding steroid dienone is 5. The maximum absolute atomic E-state index is 5.66. The number of rotatable bonds is 4. The second-order valence-corrected chi connectivity index (χ2v) is 13.4. The molecule has 6 aromatic rings. The second kappa shape index (κ2) is 12.2. The van der Waals surface area contributed by atoms with Crippen LogP contribution in [-0.4, -0.2) is 26.7 Å². The number of nitrogens with one attached hydrogen (secondary N) is 1. The van der Waals surface area contributed by atoms with Gasteiger partial charge in [-0.3, -0.25) is 4.99 Å². The molecule has 6 heterocycles. The number of benzene rings is 4. The zero-order valence-corrected chi connectivity index (χ0v) is 28.5. The first kappa shape index (κ1) is 30.0. The van der Waals surface area contributed by atoms with Crippen molar-refractivity contribution >= 4 is 39.4 Å². The average molecular weight is 668 g/mol. The maximum Gasteiger partial charge on any atom is 0.105 e. The molecule has 5 heteroatoms. The largest absolute Gasteiger partial charge is 0.356 e. The van der Waals surface area contributed by atoms with E-state index in [9.17, 15) is 0 Å². The van der Waals surface area contributed by atoms with E-state index < -0.39 is 0 Å². The quantitative estimate of drug-likeness (QED) is 0.197. The molecule has 0 fully saturated rings. The molecule has 52 heavy (non-hydrogen) atoms. The molecule has 1 unspecified atom stereocenters. The summed E-state index contributed by atoms with van der Waals surface area (Å²) in [6.07, 6.45) is 13.0. The number of aryl methyl sites for hydroxylation is 1. The van der Waals surface area contributed by atoms with Crippen molar-refractivity contribution in [3.05, 3.63) is 226 Å². The number of aromatic nitrogens is 2. The molecule has 5 nitrogen and oxygen atoms in total. The van der Waals surface area contributed by atoms with Gasteiger partial charge in [-0.25, -0.2) is 9.98 Å². The van der Waals surface area contributed by atoms with Crippen molar-refractivity contribution in [2.75, 3.05) is 0 Å². The summed E-state index contributed by atoms with van der Waals surface area (Å²) in [5, 5.41) is 1.97. The molecule has 0 spiro atoms. The van der Waals surface area contributed by atoms with Gasteiger partial charge in [0.15, 0.2) is 0 Å². The van der Waals surface area contributed by atoms with Crippen LogP contribution in [0.5, 0.6) is 0 Å². The van der Waals surface area contributed by atoms with Crippen molar-refractivity contribution in [1.29, 1.82) is 0 Å². The summed E-state index contributed by atoms with van der Waals surface area (Å²) >= 11 is 0. The lowest BCUT2D eigenvalue weighted by Gasteiger charge is -2.16. The van der Waals surface area contributed by atoms with Gasteiger partial charge in [-0.2, -0.15) is 0 Å². The summed E-state index contributed by atoms with van der Waals surface area (Å²) in [7, 11) is 2.09. The van der Waals surface area contributed by atoms with Crippen molar-refractivity contribution in [3.63, 3.8) is 0 Å². The van der Waals surface area contributed by atoms with E-state index in [-0.39, 0.29) is 6.04 Å². The van der Waals surface area contributed by atoms with Gasteiger partial charge in [0.1, 0.15) is 6.04 Å². The van der Waals surface area contributed by atoms with Crippen LogP contribution in [-0.2, 0) is 7.05 Å². The molecular formula is C47H33N5. The van der Waals surface area contributed by atoms with Gasteiger partial charge in [0.05, 0.1) is 28.5 Å². The standard InChI is InChI=1S/C47H33N5/c1-52-28-34-35(29-52)47-45(33-20-12-5-13-21-33)41-27-25-39(50-41)43(31-16-8-3-9-17-31)37-23-22-36(48-37)42(30-14-6-2-7-15-30)38-24-26-40(49-38)44(46(34)51-47)32-18-10-4-11-19-32/h2-29,46,48H,1H3/b42-36-,43-37-,44-40-,45-41-. The third kappa shape index (κ3) is 4.97. The van der Waals surface area contributed by atoms with E-state index in [1.54, 1.807) is 0 Å². The Morgan fingerprint density at radius 2 is 0.981 bits per heavy atom. The topological polar surface area (TPSA) is 57.8 Å². The lowest BCUT2D eigenvalue weighted by atomic mass is 9.91. The Morgan fingerprint density at radius 1 is 0.500 bits per heavy atom. The zero-order valence-electron chi connectivity index (χ0n) is 28.5. The number of fused-ring (bicyclic) bond motifs is 8. The molecule has 4 aliphatic heterocycles. The van der Waals surface area contributed by atoms with Crippen LogP contribution < -0.4 is 10.7 Å². The first-order chi connectivity index (χ1) is 25.7. The molecule has 0 amide bonds. The van der Waals surface area contributed by atoms with Crippen LogP contribution in [0, 0.1) is 0 Å². The van der Waals surface area contributed by atoms with E-state index in [2.05, 4.69) is 187 Å². The summed E-state index contributed by atoms with van der Waals surface area (Å²) in [6.45, 7) is 0. The minimum Gasteiger partial charge on any atom is -0.356 e. The highest BCUT2D eigenvalue weighted by Crippen LogP contribution is 2.46. The SMILES string of the molecule is Cn1cc2c(c1)C1N=C2/C(c2ccccc2)=C2/C=CC(=N2)/C(c2ccccc2)=c2/cc/c([nH]2)=C(\c2ccccc2)C2=N/C(=C\1c1ccccc1)C=C2. The number of hydrogen-bond donors (Lipinski definition) is 1. The minimum atomic E-state index is -0.277. The highest BCUT2D eigenvalue weighted by Gasteiger charge is 2.35. The van der Waals surface area contributed by atoms with Crippen LogP contribution in [0.4, 0.5) is 0 Å². The third-order valence-electron chi connectivity index (χ3n) is 10.1. The minimum absolute atomic E-state index is 0.277. The molecule has 2 aromatic heterocycles. The monoisotopic (exact) mass is 667 g/mol. The fourth-order valence-corrected chi connectivity index (χ4v) is 7.85. The number of H-pyrrole nitrogens is 1. The molecule has 4 aromatic carbocycles. The smallest absolute Gasteiger partial charge is 0.105 e. The Kier molecular flexibility index (Phi) is 7.03. The molecule has 1 N–H and O–H groups in total. The van der Waals surface area contributed by atoms with Gasteiger partial charge in [-0.05, 0) is 58.7 Å². The highest BCUT2D eigenvalue weighted by atomic mass is 15.0.